The van der Waals surface area contributed by atoms with Crippen molar-refractivity contribution in [1.29, 1.82) is 0 Å². The van der Waals surface area contributed by atoms with E-state index in [2.05, 4.69) is 144 Å². The maximum Gasteiger partial charge on any atom is 0.0640 e. The summed E-state index contributed by atoms with van der Waals surface area (Å²) in [5.74, 6) is 0. The molecular formula is C36H23NS. The first-order chi connectivity index (χ1) is 18.9. The fourth-order valence-electron chi connectivity index (χ4n) is 5.88. The van der Waals surface area contributed by atoms with Gasteiger partial charge >= 0.3 is 0 Å². The van der Waals surface area contributed by atoms with Crippen LogP contribution >= 0.6 is 11.3 Å². The van der Waals surface area contributed by atoms with Gasteiger partial charge < -0.3 is 4.90 Å². The van der Waals surface area contributed by atoms with Gasteiger partial charge in [-0.15, -0.1) is 11.3 Å². The number of fused-ring (bicyclic) bond motifs is 7. The number of thiophene rings is 1. The van der Waals surface area contributed by atoms with Gasteiger partial charge in [-0.25, -0.2) is 0 Å². The molecule has 8 aromatic rings. The molecule has 0 fully saturated rings. The van der Waals surface area contributed by atoms with E-state index in [9.17, 15) is 0 Å². The van der Waals surface area contributed by atoms with Crippen LogP contribution in [0.15, 0.2) is 140 Å². The summed E-state index contributed by atoms with van der Waals surface area (Å²) >= 11 is 1.90. The summed E-state index contributed by atoms with van der Waals surface area (Å²) in [5, 5.41) is 10.2. The van der Waals surface area contributed by atoms with Gasteiger partial charge in [-0.2, -0.15) is 0 Å². The second-order valence-corrected chi connectivity index (χ2v) is 10.8. The molecular weight excluding hydrogens is 478 g/mol. The summed E-state index contributed by atoms with van der Waals surface area (Å²) in [6.07, 6.45) is 0. The van der Waals surface area contributed by atoms with Crippen molar-refractivity contribution in [2.45, 2.75) is 0 Å². The lowest BCUT2D eigenvalue weighted by Gasteiger charge is -2.28. The normalized spacial score (nSPS) is 11.7. The Morgan fingerprint density at radius 3 is 1.42 bits per heavy atom. The largest absolute Gasteiger partial charge is 0.308 e. The summed E-state index contributed by atoms with van der Waals surface area (Å²) in [4.78, 5) is 2.48. The SMILES string of the molecule is c1ccc2c(N(c3cccc4ccccc34)c3cccc4c3sc3c5ccccc5ccc43)cccc2c1. The third-order valence-electron chi connectivity index (χ3n) is 7.62. The first-order valence-corrected chi connectivity index (χ1v) is 13.8. The summed E-state index contributed by atoms with van der Waals surface area (Å²) < 4.78 is 2.65. The van der Waals surface area contributed by atoms with Crippen LogP contribution in [0, 0.1) is 0 Å². The second kappa shape index (κ2) is 8.44. The smallest absolute Gasteiger partial charge is 0.0640 e. The highest BCUT2D eigenvalue weighted by atomic mass is 32.1. The van der Waals surface area contributed by atoms with E-state index in [0.717, 1.165) is 0 Å². The van der Waals surface area contributed by atoms with Gasteiger partial charge in [0.2, 0.25) is 0 Å². The third kappa shape index (κ3) is 3.17. The first kappa shape index (κ1) is 21.4. The Kier molecular flexibility index (Phi) is 4.76. The monoisotopic (exact) mass is 501 g/mol. The van der Waals surface area contributed by atoms with Crippen molar-refractivity contribution in [3.63, 3.8) is 0 Å². The predicted molar refractivity (Wildman–Crippen MR) is 167 cm³/mol. The minimum atomic E-state index is 1.19. The van der Waals surface area contributed by atoms with E-state index in [4.69, 9.17) is 0 Å². The van der Waals surface area contributed by atoms with Crippen molar-refractivity contribution in [2.75, 3.05) is 4.90 Å². The predicted octanol–water partition coefficient (Wildman–Crippen LogP) is 11.0. The molecule has 0 aliphatic heterocycles. The summed E-state index contributed by atoms with van der Waals surface area (Å²) in [6, 6.07) is 50.7. The lowest BCUT2D eigenvalue weighted by molar-refractivity contribution is 1.33. The molecule has 1 heterocycles. The number of benzene rings is 7. The maximum absolute atomic E-state index is 2.48. The van der Waals surface area contributed by atoms with Crippen LogP contribution in [0.5, 0.6) is 0 Å². The highest BCUT2D eigenvalue weighted by molar-refractivity contribution is 7.27. The molecule has 0 aliphatic carbocycles. The van der Waals surface area contributed by atoms with Crippen LogP contribution in [0.1, 0.15) is 0 Å². The van der Waals surface area contributed by atoms with Crippen molar-refractivity contribution in [3.8, 4) is 0 Å². The quantitative estimate of drug-likeness (QED) is 0.233. The average molecular weight is 502 g/mol. The number of rotatable bonds is 3. The molecule has 0 unspecified atom stereocenters. The molecule has 38 heavy (non-hydrogen) atoms. The Balaban J connectivity index is 1.51. The molecule has 1 nitrogen and oxygen atoms in total. The fourth-order valence-corrected chi connectivity index (χ4v) is 7.22. The van der Waals surface area contributed by atoms with Crippen LogP contribution in [0.25, 0.3) is 52.5 Å². The molecule has 0 saturated carbocycles. The van der Waals surface area contributed by atoms with Crippen LogP contribution in [0.3, 0.4) is 0 Å². The Morgan fingerprint density at radius 1 is 0.316 bits per heavy atom. The zero-order chi connectivity index (χ0) is 25.1. The summed E-state index contributed by atoms with van der Waals surface area (Å²) in [7, 11) is 0. The van der Waals surface area contributed by atoms with Crippen LogP contribution in [0.4, 0.5) is 17.1 Å². The lowest BCUT2D eigenvalue weighted by Crippen LogP contribution is -2.11. The summed E-state index contributed by atoms with van der Waals surface area (Å²) in [6.45, 7) is 0. The van der Waals surface area contributed by atoms with Gasteiger partial charge in [-0.05, 0) is 39.7 Å². The molecule has 2 heteroatoms. The minimum Gasteiger partial charge on any atom is -0.308 e. The minimum absolute atomic E-state index is 1.19. The molecule has 178 valence electrons. The molecule has 1 aromatic heterocycles. The van der Waals surface area contributed by atoms with Crippen molar-refractivity contribution >= 4 is 80.9 Å². The molecule has 7 aromatic carbocycles. The molecule has 0 saturated heterocycles. The van der Waals surface area contributed by atoms with Gasteiger partial charge in [0, 0.05) is 26.2 Å². The van der Waals surface area contributed by atoms with Crippen LogP contribution < -0.4 is 4.90 Å². The van der Waals surface area contributed by atoms with Crippen molar-refractivity contribution in [1.82, 2.24) is 0 Å². The van der Waals surface area contributed by atoms with Gasteiger partial charge in [0.1, 0.15) is 0 Å². The van der Waals surface area contributed by atoms with E-state index >= 15 is 0 Å². The molecule has 0 aliphatic rings. The standard InChI is InChI=1S/C36H23NS/c1-4-15-27-24(10-1)13-7-19-32(27)37(33-20-8-14-25-11-2-5-16-28(25)33)34-21-9-18-30-31-23-22-26-12-3-6-17-29(26)35(31)38-36(30)34/h1-23H. The maximum atomic E-state index is 2.48. The van der Waals surface area contributed by atoms with Crippen LogP contribution in [0.2, 0.25) is 0 Å². The zero-order valence-corrected chi connectivity index (χ0v) is 21.5. The van der Waals surface area contributed by atoms with Crippen molar-refractivity contribution < 1.29 is 0 Å². The van der Waals surface area contributed by atoms with E-state index < -0.39 is 0 Å². The highest BCUT2D eigenvalue weighted by Crippen LogP contribution is 2.48. The van der Waals surface area contributed by atoms with E-state index in [1.807, 2.05) is 11.3 Å². The van der Waals surface area contributed by atoms with Crippen molar-refractivity contribution in [3.05, 3.63) is 140 Å². The van der Waals surface area contributed by atoms with E-state index in [-0.39, 0.29) is 0 Å². The average Bonchev–Trinajstić information content (AvgIpc) is 3.38. The van der Waals surface area contributed by atoms with Gasteiger partial charge in [-0.1, -0.05) is 121 Å². The van der Waals surface area contributed by atoms with Gasteiger partial charge in [-0.3, -0.25) is 0 Å². The third-order valence-corrected chi connectivity index (χ3v) is 8.90. The number of hydrogen-bond acceptors (Lipinski definition) is 2. The topological polar surface area (TPSA) is 3.24 Å². The van der Waals surface area contributed by atoms with Crippen LogP contribution in [-0.2, 0) is 0 Å². The lowest BCUT2D eigenvalue weighted by atomic mass is 10.0. The molecule has 0 spiro atoms. The van der Waals surface area contributed by atoms with E-state index in [1.54, 1.807) is 0 Å². The van der Waals surface area contributed by atoms with Gasteiger partial charge in [0.25, 0.3) is 0 Å². The molecule has 8 rings (SSSR count). The molecule has 0 atom stereocenters. The highest BCUT2D eigenvalue weighted by Gasteiger charge is 2.21. The first-order valence-electron chi connectivity index (χ1n) is 13.0. The number of nitrogens with zero attached hydrogens (tertiary/aromatic N) is 1. The fraction of sp³-hybridized carbons (Fsp3) is 0. The van der Waals surface area contributed by atoms with Gasteiger partial charge in [0.05, 0.1) is 21.8 Å². The second-order valence-electron chi connectivity index (χ2n) is 9.75. The Morgan fingerprint density at radius 2 is 0.763 bits per heavy atom. The zero-order valence-electron chi connectivity index (χ0n) is 20.6. The molecule has 0 radical (unpaired) electrons. The Bertz CT molecular complexity index is 2060. The Labute approximate surface area is 224 Å². The molecule has 0 amide bonds. The van der Waals surface area contributed by atoms with E-state index in [1.165, 1.54) is 69.6 Å². The van der Waals surface area contributed by atoms with Crippen molar-refractivity contribution in [2.24, 2.45) is 0 Å². The molecule has 0 bridgehead atoms. The summed E-state index contributed by atoms with van der Waals surface area (Å²) in [5.41, 5.74) is 3.59. The van der Waals surface area contributed by atoms with Crippen LogP contribution in [-0.4, -0.2) is 0 Å². The Hall–Kier alpha value is -4.66. The number of anilines is 3. The number of hydrogen-bond donors (Lipinski definition) is 0. The van der Waals surface area contributed by atoms with Gasteiger partial charge in [0.15, 0.2) is 0 Å². The van der Waals surface area contributed by atoms with E-state index in [0.29, 0.717) is 0 Å². The molecule has 0 N–H and O–H groups in total.